The van der Waals surface area contributed by atoms with Crippen LogP contribution in [-0.2, 0) is 6.54 Å². The van der Waals surface area contributed by atoms with Crippen molar-refractivity contribution >= 4 is 27.7 Å². The second-order valence-electron chi connectivity index (χ2n) is 9.81. The van der Waals surface area contributed by atoms with Crippen LogP contribution in [0.15, 0.2) is 59.1 Å². The van der Waals surface area contributed by atoms with E-state index in [0.717, 1.165) is 59.8 Å². The van der Waals surface area contributed by atoms with Crippen LogP contribution in [-0.4, -0.2) is 65.3 Å². The lowest BCUT2D eigenvalue weighted by Gasteiger charge is -2.35. The molecule has 1 fully saturated rings. The van der Waals surface area contributed by atoms with Crippen molar-refractivity contribution in [3.05, 3.63) is 75.9 Å². The molecule has 0 radical (unpaired) electrons. The predicted molar refractivity (Wildman–Crippen MR) is 146 cm³/mol. The summed E-state index contributed by atoms with van der Waals surface area (Å²) in [7, 11) is 2.17. The lowest BCUT2D eigenvalue weighted by Crippen LogP contribution is -2.45. The van der Waals surface area contributed by atoms with Crippen molar-refractivity contribution in [3.63, 3.8) is 0 Å². The van der Waals surface area contributed by atoms with Crippen molar-refractivity contribution in [2.45, 2.75) is 33.7 Å². The summed E-state index contributed by atoms with van der Waals surface area (Å²) in [5.74, 6) is 1.67. The number of hydrogen-bond donors (Lipinski definition) is 0. The number of hydrogen-bond acceptors (Lipinski definition) is 4. The van der Waals surface area contributed by atoms with E-state index in [1.807, 2.05) is 47.4 Å². The number of likely N-dealkylation sites (N-methyl/N-ethyl adjacent to an activating group) is 1. The Morgan fingerprint density at radius 3 is 2.34 bits per heavy atom. The van der Waals surface area contributed by atoms with Crippen molar-refractivity contribution in [1.29, 1.82) is 0 Å². The van der Waals surface area contributed by atoms with Crippen LogP contribution in [0, 0.1) is 12.8 Å². The van der Waals surface area contributed by atoms with E-state index in [2.05, 4.69) is 70.4 Å². The summed E-state index contributed by atoms with van der Waals surface area (Å²) in [5.41, 5.74) is 3.84. The highest BCUT2D eigenvalue weighted by molar-refractivity contribution is 9.10. The zero-order valence-corrected chi connectivity index (χ0v) is 22.8. The van der Waals surface area contributed by atoms with Gasteiger partial charge in [0.05, 0.1) is 23.5 Å². The van der Waals surface area contributed by atoms with Crippen LogP contribution >= 0.6 is 15.9 Å². The monoisotopic (exact) mass is 537 g/mol. The number of carbonyl (C=O) groups is 1. The fraction of sp³-hybridized carbons (Fsp3) is 0.429. The zero-order chi connectivity index (χ0) is 24.9. The van der Waals surface area contributed by atoms with Crippen molar-refractivity contribution in [2.75, 3.05) is 44.7 Å². The van der Waals surface area contributed by atoms with E-state index in [4.69, 9.17) is 5.10 Å². The summed E-state index contributed by atoms with van der Waals surface area (Å²) < 4.78 is 2.90. The Morgan fingerprint density at radius 1 is 1.03 bits per heavy atom. The normalized spacial score (nSPS) is 14.5. The van der Waals surface area contributed by atoms with Gasteiger partial charge in [0.15, 0.2) is 0 Å². The van der Waals surface area contributed by atoms with Crippen LogP contribution in [0.2, 0.25) is 0 Å². The minimum Gasteiger partial charge on any atom is -0.354 e. The molecule has 186 valence electrons. The summed E-state index contributed by atoms with van der Waals surface area (Å²) in [6, 6.07) is 18.0. The molecule has 1 aliphatic rings. The van der Waals surface area contributed by atoms with Crippen LogP contribution in [0.1, 0.15) is 41.9 Å². The predicted octanol–water partition coefficient (Wildman–Crippen LogP) is 5.38. The Kier molecular flexibility index (Phi) is 8.29. The first-order chi connectivity index (χ1) is 16.8. The molecule has 4 rings (SSSR count). The Bertz CT molecular complexity index is 1140. The number of rotatable bonds is 8. The van der Waals surface area contributed by atoms with Gasteiger partial charge in [-0.2, -0.15) is 5.10 Å². The average Bonchev–Trinajstić information content (AvgIpc) is 3.18. The van der Waals surface area contributed by atoms with E-state index in [1.54, 1.807) is 0 Å². The van der Waals surface area contributed by atoms with E-state index in [-0.39, 0.29) is 5.91 Å². The van der Waals surface area contributed by atoms with E-state index >= 15 is 0 Å². The molecule has 3 aromatic rings. The summed E-state index contributed by atoms with van der Waals surface area (Å²) in [4.78, 5) is 20.5. The number of piperazine rings is 1. The van der Waals surface area contributed by atoms with E-state index < -0.39 is 0 Å². The fourth-order valence-electron chi connectivity index (χ4n) is 4.49. The second-order valence-corrected chi connectivity index (χ2v) is 10.7. The van der Waals surface area contributed by atoms with Crippen molar-refractivity contribution < 1.29 is 4.79 Å². The van der Waals surface area contributed by atoms with Crippen molar-refractivity contribution in [1.82, 2.24) is 19.6 Å². The average molecular weight is 539 g/mol. The van der Waals surface area contributed by atoms with Crippen LogP contribution in [0.5, 0.6) is 0 Å². The number of carbonyl (C=O) groups excluding carboxylic acids is 1. The molecule has 1 aliphatic heterocycles. The molecule has 0 saturated carbocycles. The first kappa shape index (κ1) is 25.5. The second kappa shape index (κ2) is 11.4. The van der Waals surface area contributed by atoms with E-state index in [0.29, 0.717) is 24.6 Å². The molecule has 7 heteroatoms. The maximum atomic E-state index is 13.7. The molecule has 0 unspecified atom stereocenters. The number of aryl methyl sites for hydroxylation is 1. The summed E-state index contributed by atoms with van der Waals surface area (Å²) >= 11 is 3.59. The van der Waals surface area contributed by atoms with Gasteiger partial charge in [-0.15, -0.1) is 0 Å². The lowest BCUT2D eigenvalue weighted by molar-refractivity contribution is 0.0734. The highest BCUT2D eigenvalue weighted by Gasteiger charge is 2.28. The largest absolute Gasteiger partial charge is 0.354 e. The van der Waals surface area contributed by atoms with Gasteiger partial charge >= 0.3 is 0 Å². The molecule has 0 spiro atoms. The molecule has 0 bridgehead atoms. The zero-order valence-electron chi connectivity index (χ0n) is 21.2. The molecule has 35 heavy (non-hydrogen) atoms. The third-order valence-corrected chi connectivity index (χ3v) is 7.37. The van der Waals surface area contributed by atoms with Crippen LogP contribution in [0.3, 0.4) is 0 Å². The van der Waals surface area contributed by atoms with Gasteiger partial charge in [-0.3, -0.25) is 4.79 Å². The third-order valence-electron chi connectivity index (χ3n) is 6.68. The number of amides is 1. The summed E-state index contributed by atoms with van der Waals surface area (Å²) in [6.45, 7) is 11.6. The number of benzene rings is 2. The smallest absolute Gasteiger partial charge is 0.255 e. The molecule has 1 saturated heterocycles. The number of para-hydroxylation sites is 1. The molecular weight excluding hydrogens is 502 g/mol. The summed E-state index contributed by atoms with van der Waals surface area (Å²) in [6.07, 6.45) is 0.950. The van der Waals surface area contributed by atoms with E-state index in [1.165, 1.54) is 0 Å². The van der Waals surface area contributed by atoms with Gasteiger partial charge in [0.1, 0.15) is 5.82 Å². The highest BCUT2D eigenvalue weighted by atomic mass is 79.9. The first-order valence-corrected chi connectivity index (χ1v) is 13.3. The van der Waals surface area contributed by atoms with Crippen LogP contribution in [0.25, 0.3) is 5.69 Å². The molecule has 6 nitrogen and oxygen atoms in total. The molecule has 2 heterocycles. The minimum atomic E-state index is 0.0503. The summed E-state index contributed by atoms with van der Waals surface area (Å²) in [5, 5.41) is 4.99. The molecule has 0 atom stereocenters. The van der Waals surface area contributed by atoms with Gasteiger partial charge in [0, 0.05) is 42.8 Å². The standard InChI is InChI=1S/C28H36BrN5O/c1-21(2)14-15-33(28(35)24-12-8-9-13-26(24)29)20-25-22(3)30-34(23-10-6-5-7-11-23)27(25)32-18-16-31(4)17-19-32/h5-13,21H,14-20H2,1-4H3. The van der Waals surface area contributed by atoms with E-state index in [9.17, 15) is 4.79 Å². The topological polar surface area (TPSA) is 44.6 Å². The minimum absolute atomic E-state index is 0.0503. The number of aromatic nitrogens is 2. The van der Waals surface area contributed by atoms with Gasteiger partial charge in [0.2, 0.25) is 0 Å². The lowest BCUT2D eigenvalue weighted by atomic mass is 10.1. The van der Waals surface area contributed by atoms with Crippen LogP contribution in [0.4, 0.5) is 5.82 Å². The number of halogens is 1. The Morgan fingerprint density at radius 2 is 1.69 bits per heavy atom. The molecule has 2 aromatic carbocycles. The van der Waals surface area contributed by atoms with Gasteiger partial charge < -0.3 is 14.7 Å². The number of anilines is 1. The third kappa shape index (κ3) is 5.96. The molecule has 1 amide bonds. The molecule has 0 N–H and O–H groups in total. The Hall–Kier alpha value is -2.64. The van der Waals surface area contributed by atoms with Gasteiger partial charge in [0.25, 0.3) is 5.91 Å². The fourth-order valence-corrected chi connectivity index (χ4v) is 4.94. The molecule has 1 aromatic heterocycles. The molecular formula is C28H36BrN5O. The van der Waals surface area contributed by atoms with Crippen molar-refractivity contribution in [3.8, 4) is 5.69 Å². The van der Waals surface area contributed by atoms with Gasteiger partial charge in [-0.1, -0.05) is 44.2 Å². The van der Waals surface area contributed by atoms with Gasteiger partial charge in [-0.05, 0) is 66.5 Å². The van der Waals surface area contributed by atoms with Crippen LogP contribution < -0.4 is 4.90 Å². The van der Waals surface area contributed by atoms with Gasteiger partial charge in [-0.25, -0.2) is 4.68 Å². The quantitative estimate of drug-likeness (QED) is 0.386. The maximum Gasteiger partial charge on any atom is 0.255 e. The Balaban J connectivity index is 1.75. The van der Waals surface area contributed by atoms with Crippen molar-refractivity contribution in [2.24, 2.45) is 5.92 Å². The number of nitrogens with zero attached hydrogens (tertiary/aromatic N) is 5. The first-order valence-electron chi connectivity index (χ1n) is 12.5. The SMILES string of the molecule is Cc1nn(-c2ccccc2)c(N2CCN(C)CC2)c1CN(CCC(C)C)C(=O)c1ccccc1Br. The maximum absolute atomic E-state index is 13.7. The Labute approximate surface area is 217 Å². The molecule has 0 aliphatic carbocycles. The highest BCUT2D eigenvalue weighted by Crippen LogP contribution is 2.30.